The molecule has 4 rings (SSSR count). The van der Waals surface area contributed by atoms with Gasteiger partial charge in [-0.15, -0.1) is 0 Å². The molecular formula is C18H12ClN3OS. The highest BCUT2D eigenvalue weighted by Crippen LogP contribution is 2.25. The fourth-order valence-electron chi connectivity index (χ4n) is 2.61. The summed E-state index contributed by atoms with van der Waals surface area (Å²) in [6.45, 7) is 0.431. The molecule has 0 radical (unpaired) electrons. The van der Waals surface area contributed by atoms with Gasteiger partial charge in [0.05, 0.1) is 11.9 Å². The second-order valence-corrected chi connectivity index (χ2v) is 6.57. The van der Waals surface area contributed by atoms with Crippen molar-refractivity contribution in [2.24, 2.45) is 0 Å². The lowest BCUT2D eigenvalue weighted by atomic mass is 10.1. The summed E-state index contributed by atoms with van der Waals surface area (Å²) in [5, 5.41) is 9.75. The van der Waals surface area contributed by atoms with E-state index in [0.29, 0.717) is 28.2 Å². The molecule has 6 heteroatoms. The van der Waals surface area contributed by atoms with Crippen molar-refractivity contribution in [2.45, 2.75) is 6.54 Å². The van der Waals surface area contributed by atoms with Crippen LogP contribution in [-0.4, -0.2) is 14.8 Å². The molecule has 0 aliphatic carbocycles. The molecule has 0 aliphatic rings. The van der Waals surface area contributed by atoms with Gasteiger partial charge < -0.3 is 0 Å². The van der Waals surface area contributed by atoms with Crippen LogP contribution in [0.25, 0.3) is 22.2 Å². The Labute approximate surface area is 147 Å². The van der Waals surface area contributed by atoms with Gasteiger partial charge in [0.25, 0.3) is 5.56 Å². The van der Waals surface area contributed by atoms with Crippen molar-refractivity contribution in [2.75, 3.05) is 0 Å². The van der Waals surface area contributed by atoms with E-state index in [1.807, 2.05) is 41.1 Å². The molecule has 118 valence electrons. The largest absolute Gasteiger partial charge is 0.276 e. The number of hydrogen-bond donors (Lipinski definition) is 0. The van der Waals surface area contributed by atoms with Crippen LogP contribution >= 0.6 is 22.9 Å². The Morgan fingerprint density at radius 3 is 2.88 bits per heavy atom. The SMILES string of the molecule is O=c1c2cccnc2c(-c2cccc(Cl)c2)nn1Cc1ccsc1. The maximum absolute atomic E-state index is 12.7. The summed E-state index contributed by atoms with van der Waals surface area (Å²) >= 11 is 7.71. The van der Waals surface area contributed by atoms with E-state index in [1.54, 1.807) is 29.7 Å². The van der Waals surface area contributed by atoms with Crippen LogP contribution in [0.2, 0.25) is 5.02 Å². The van der Waals surface area contributed by atoms with E-state index < -0.39 is 0 Å². The van der Waals surface area contributed by atoms with Gasteiger partial charge in [-0.1, -0.05) is 23.7 Å². The van der Waals surface area contributed by atoms with E-state index in [-0.39, 0.29) is 5.56 Å². The second-order valence-electron chi connectivity index (χ2n) is 5.35. The standard InChI is InChI=1S/C18H12ClN3OS/c19-14-4-1-3-13(9-14)16-17-15(5-2-7-20-17)18(23)22(21-16)10-12-6-8-24-11-12/h1-9,11H,10H2. The Morgan fingerprint density at radius 2 is 2.08 bits per heavy atom. The lowest BCUT2D eigenvalue weighted by Crippen LogP contribution is -2.24. The quantitative estimate of drug-likeness (QED) is 0.554. The smallest absolute Gasteiger partial charge is 0.267 e. The van der Waals surface area contributed by atoms with Crippen molar-refractivity contribution in [3.05, 3.63) is 80.4 Å². The molecule has 4 nitrogen and oxygen atoms in total. The highest BCUT2D eigenvalue weighted by Gasteiger charge is 2.14. The number of halogens is 1. The van der Waals surface area contributed by atoms with Crippen LogP contribution in [-0.2, 0) is 6.54 Å². The van der Waals surface area contributed by atoms with Gasteiger partial charge in [-0.25, -0.2) is 4.68 Å². The van der Waals surface area contributed by atoms with Crippen LogP contribution in [0.15, 0.2) is 64.2 Å². The van der Waals surface area contributed by atoms with E-state index >= 15 is 0 Å². The number of rotatable bonds is 3. The first kappa shape index (κ1) is 15.1. The molecule has 0 amide bonds. The van der Waals surface area contributed by atoms with Crippen molar-refractivity contribution in [1.82, 2.24) is 14.8 Å². The zero-order valence-electron chi connectivity index (χ0n) is 12.5. The lowest BCUT2D eigenvalue weighted by molar-refractivity contribution is 0.651. The summed E-state index contributed by atoms with van der Waals surface area (Å²) in [6, 6.07) is 13.0. The Morgan fingerprint density at radius 1 is 1.17 bits per heavy atom. The van der Waals surface area contributed by atoms with Gasteiger partial charge >= 0.3 is 0 Å². The van der Waals surface area contributed by atoms with Gasteiger partial charge in [0.2, 0.25) is 0 Å². The van der Waals surface area contributed by atoms with Crippen molar-refractivity contribution in [1.29, 1.82) is 0 Å². The summed E-state index contributed by atoms with van der Waals surface area (Å²) in [4.78, 5) is 17.1. The molecular weight excluding hydrogens is 342 g/mol. The molecule has 4 aromatic rings. The summed E-state index contributed by atoms with van der Waals surface area (Å²) in [5.41, 5.74) is 2.99. The van der Waals surface area contributed by atoms with Gasteiger partial charge in [-0.3, -0.25) is 9.78 Å². The first-order valence-corrected chi connectivity index (χ1v) is 8.67. The summed E-state index contributed by atoms with van der Waals surface area (Å²) < 4.78 is 1.49. The highest BCUT2D eigenvalue weighted by atomic mass is 35.5. The molecule has 0 spiro atoms. The third kappa shape index (κ3) is 2.72. The maximum atomic E-state index is 12.7. The number of nitrogens with zero attached hydrogens (tertiary/aromatic N) is 3. The Kier molecular flexibility index (Phi) is 3.88. The fourth-order valence-corrected chi connectivity index (χ4v) is 3.46. The molecule has 0 fully saturated rings. The number of hydrogen-bond acceptors (Lipinski definition) is 4. The minimum Gasteiger partial charge on any atom is -0.267 e. The predicted octanol–water partition coefficient (Wildman–Crippen LogP) is 4.22. The molecule has 0 bridgehead atoms. The summed E-state index contributed by atoms with van der Waals surface area (Å²) in [6.07, 6.45) is 1.67. The molecule has 24 heavy (non-hydrogen) atoms. The number of pyridine rings is 1. The number of thiophene rings is 1. The molecule has 0 aliphatic heterocycles. The van der Waals surface area contributed by atoms with Crippen LogP contribution in [0.4, 0.5) is 0 Å². The minimum absolute atomic E-state index is 0.143. The van der Waals surface area contributed by atoms with Crippen LogP contribution < -0.4 is 5.56 Å². The van der Waals surface area contributed by atoms with Gasteiger partial charge in [0, 0.05) is 16.8 Å². The topological polar surface area (TPSA) is 47.8 Å². The van der Waals surface area contributed by atoms with Crippen LogP contribution in [0, 0.1) is 0 Å². The van der Waals surface area contributed by atoms with Gasteiger partial charge in [0.15, 0.2) is 0 Å². The molecule has 0 atom stereocenters. The molecule has 0 unspecified atom stereocenters. The lowest BCUT2D eigenvalue weighted by Gasteiger charge is -2.10. The molecule has 1 aromatic carbocycles. The first-order chi connectivity index (χ1) is 11.7. The number of fused-ring (bicyclic) bond motifs is 1. The fraction of sp³-hybridized carbons (Fsp3) is 0.0556. The van der Waals surface area contributed by atoms with Gasteiger partial charge in [-0.05, 0) is 46.7 Å². The normalized spacial score (nSPS) is 11.0. The zero-order valence-corrected chi connectivity index (χ0v) is 14.1. The average molecular weight is 354 g/mol. The second kappa shape index (κ2) is 6.19. The molecule has 0 saturated carbocycles. The van der Waals surface area contributed by atoms with Crippen LogP contribution in [0.1, 0.15) is 5.56 Å². The number of benzene rings is 1. The molecule has 3 heterocycles. The van der Waals surface area contributed by atoms with Gasteiger partial charge in [-0.2, -0.15) is 16.4 Å². The minimum atomic E-state index is -0.143. The Bertz CT molecular complexity index is 1070. The molecule has 0 N–H and O–H groups in total. The van der Waals surface area contributed by atoms with Crippen molar-refractivity contribution >= 4 is 33.8 Å². The van der Waals surface area contributed by atoms with Crippen LogP contribution in [0.3, 0.4) is 0 Å². The summed E-state index contributed by atoms with van der Waals surface area (Å²) in [5.74, 6) is 0. The van der Waals surface area contributed by atoms with Crippen molar-refractivity contribution < 1.29 is 0 Å². The van der Waals surface area contributed by atoms with Gasteiger partial charge in [0.1, 0.15) is 11.2 Å². The van der Waals surface area contributed by atoms with Crippen molar-refractivity contribution in [3.8, 4) is 11.3 Å². The maximum Gasteiger partial charge on any atom is 0.276 e. The number of aromatic nitrogens is 3. The first-order valence-electron chi connectivity index (χ1n) is 7.35. The third-order valence-corrected chi connectivity index (χ3v) is 4.70. The van der Waals surface area contributed by atoms with E-state index in [2.05, 4.69) is 10.1 Å². The van der Waals surface area contributed by atoms with E-state index in [4.69, 9.17) is 11.6 Å². The molecule has 0 saturated heterocycles. The van der Waals surface area contributed by atoms with Crippen LogP contribution in [0.5, 0.6) is 0 Å². The Hall–Kier alpha value is -2.50. The predicted molar refractivity (Wildman–Crippen MR) is 97.7 cm³/mol. The Balaban J connectivity index is 1.98. The monoisotopic (exact) mass is 353 g/mol. The van der Waals surface area contributed by atoms with Crippen molar-refractivity contribution in [3.63, 3.8) is 0 Å². The third-order valence-electron chi connectivity index (χ3n) is 3.73. The summed E-state index contributed by atoms with van der Waals surface area (Å²) in [7, 11) is 0. The van der Waals surface area contributed by atoms with E-state index in [0.717, 1.165) is 11.1 Å². The zero-order chi connectivity index (χ0) is 16.5. The van der Waals surface area contributed by atoms with E-state index in [9.17, 15) is 4.79 Å². The van der Waals surface area contributed by atoms with E-state index in [1.165, 1.54) is 4.68 Å². The molecule has 3 aromatic heterocycles. The highest BCUT2D eigenvalue weighted by molar-refractivity contribution is 7.07. The average Bonchev–Trinajstić information content (AvgIpc) is 3.10.